The second-order valence-corrected chi connectivity index (χ2v) is 7.82. The Morgan fingerprint density at radius 1 is 0.929 bits per heavy atom. The van der Waals surface area contributed by atoms with Crippen LogP contribution in [0.5, 0.6) is 11.5 Å². The number of rotatable bonds is 5. The topological polar surface area (TPSA) is 56.4 Å². The third kappa shape index (κ3) is 4.95. The highest BCUT2D eigenvalue weighted by Gasteiger charge is 2.25. The van der Waals surface area contributed by atoms with E-state index in [-0.39, 0.29) is 5.91 Å². The van der Waals surface area contributed by atoms with Crippen molar-refractivity contribution in [3.8, 4) is 11.5 Å². The molecule has 0 saturated carbocycles. The number of hydrogen-bond acceptors (Lipinski definition) is 3. The molecule has 6 nitrogen and oxygen atoms in total. The van der Waals surface area contributed by atoms with Crippen LogP contribution in [-0.4, -0.2) is 51.8 Å². The molecule has 2 heterocycles. The summed E-state index contributed by atoms with van der Waals surface area (Å²) in [5.41, 5.74) is 2.06. The third-order valence-corrected chi connectivity index (χ3v) is 5.52. The van der Waals surface area contributed by atoms with E-state index in [1.807, 2.05) is 30.3 Å². The molecular formula is C21H26ClN3O3+2. The fourth-order valence-electron chi connectivity index (χ4n) is 3.75. The number of carbonyl (C=O) groups excluding carboxylic acids is 1. The van der Waals surface area contributed by atoms with E-state index >= 15 is 0 Å². The van der Waals surface area contributed by atoms with Crippen molar-refractivity contribution in [3.05, 3.63) is 53.1 Å². The highest BCUT2D eigenvalue weighted by atomic mass is 35.5. The van der Waals surface area contributed by atoms with Crippen LogP contribution in [0.4, 0.5) is 5.69 Å². The summed E-state index contributed by atoms with van der Waals surface area (Å²) in [6, 6.07) is 13.6. The van der Waals surface area contributed by atoms with Gasteiger partial charge in [0.15, 0.2) is 18.0 Å². The maximum Gasteiger partial charge on any atom is 0.279 e. The Hall–Kier alpha value is -2.28. The zero-order chi connectivity index (χ0) is 19.3. The van der Waals surface area contributed by atoms with Crippen molar-refractivity contribution in [1.29, 1.82) is 0 Å². The summed E-state index contributed by atoms with van der Waals surface area (Å²) in [7, 11) is 0. The molecular weight excluding hydrogens is 378 g/mol. The molecule has 3 N–H and O–H groups in total. The van der Waals surface area contributed by atoms with Crippen LogP contribution in [0.3, 0.4) is 0 Å². The first-order valence-corrected chi connectivity index (χ1v) is 10.1. The number of ether oxygens (including phenoxy) is 2. The highest BCUT2D eigenvalue weighted by Crippen LogP contribution is 2.32. The van der Waals surface area contributed by atoms with E-state index in [1.165, 1.54) is 10.5 Å². The third-order valence-electron chi connectivity index (χ3n) is 5.27. The van der Waals surface area contributed by atoms with E-state index in [4.69, 9.17) is 21.1 Å². The molecule has 7 heteroatoms. The molecule has 148 valence electrons. The lowest BCUT2D eigenvalue weighted by molar-refractivity contribution is -1.02. The quantitative estimate of drug-likeness (QED) is 0.660. The van der Waals surface area contributed by atoms with E-state index in [9.17, 15) is 4.79 Å². The normalized spacial score (nSPS) is 21.2. The molecule has 0 aromatic heterocycles. The molecule has 0 unspecified atom stereocenters. The molecule has 4 rings (SSSR count). The van der Waals surface area contributed by atoms with E-state index in [2.05, 4.69) is 17.4 Å². The number of hydrogen-bond donors (Lipinski definition) is 3. The van der Waals surface area contributed by atoms with Gasteiger partial charge in [-0.25, -0.2) is 0 Å². The summed E-state index contributed by atoms with van der Waals surface area (Å²) in [6.07, 6.45) is 0. The fraction of sp³-hybridized carbons (Fsp3) is 0.381. The number of benzene rings is 2. The molecule has 2 aliphatic heterocycles. The number of piperazine rings is 1. The molecule has 28 heavy (non-hydrogen) atoms. The van der Waals surface area contributed by atoms with E-state index in [0.717, 1.165) is 49.2 Å². The summed E-state index contributed by atoms with van der Waals surface area (Å²) in [5.74, 6) is 1.46. The van der Waals surface area contributed by atoms with Gasteiger partial charge in [0, 0.05) is 22.3 Å². The molecule has 0 atom stereocenters. The zero-order valence-electron chi connectivity index (χ0n) is 15.8. The van der Waals surface area contributed by atoms with Crippen LogP contribution in [0.2, 0.25) is 5.02 Å². The van der Waals surface area contributed by atoms with Crippen molar-refractivity contribution in [2.24, 2.45) is 0 Å². The number of carbonyl (C=O) groups is 1. The fourth-order valence-corrected chi connectivity index (χ4v) is 3.88. The number of anilines is 1. The second kappa shape index (κ2) is 8.82. The van der Waals surface area contributed by atoms with Gasteiger partial charge in [-0.3, -0.25) is 4.79 Å². The zero-order valence-corrected chi connectivity index (χ0v) is 16.6. The van der Waals surface area contributed by atoms with Gasteiger partial charge < -0.3 is 24.6 Å². The van der Waals surface area contributed by atoms with E-state index < -0.39 is 0 Å². The molecule has 2 aromatic carbocycles. The van der Waals surface area contributed by atoms with Gasteiger partial charge in [0.1, 0.15) is 45.9 Å². The van der Waals surface area contributed by atoms with Crippen LogP contribution < -0.4 is 24.6 Å². The molecule has 0 bridgehead atoms. The van der Waals surface area contributed by atoms with E-state index in [0.29, 0.717) is 25.5 Å². The first kappa shape index (κ1) is 19.1. The Morgan fingerprint density at radius 2 is 1.61 bits per heavy atom. The summed E-state index contributed by atoms with van der Waals surface area (Å²) in [5, 5.41) is 3.76. The maximum absolute atomic E-state index is 12.4. The number of nitrogens with one attached hydrogen (secondary N) is 3. The molecule has 0 spiro atoms. The van der Waals surface area contributed by atoms with Gasteiger partial charge in [0.25, 0.3) is 5.91 Å². The predicted molar refractivity (Wildman–Crippen MR) is 107 cm³/mol. The maximum atomic E-state index is 12.4. The Labute approximate surface area is 170 Å². The molecule has 0 radical (unpaired) electrons. The van der Waals surface area contributed by atoms with Crippen LogP contribution in [-0.2, 0) is 11.3 Å². The first-order chi connectivity index (χ1) is 13.7. The lowest BCUT2D eigenvalue weighted by Gasteiger charge is -2.29. The summed E-state index contributed by atoms with van der Waals surface area (Å²) < 4.78 is 11.1. The van der Waals surface area contributed by atoms with Crippen molar-refractivity contribution in [1.82, 2.24) is 0 Å². The molecule has 2 aliphatic rings. The predicted octanol–water partition coefficient (Wildman–Crippen LogP) is 0.0333. The van der Waals surface area contributed by atoms with Gasteiger partial charge in [0.05, 0.1) is 0 Å². The summed E-state index contributed by atoms with van der Waals surface area (Å²) in [6.45, 7) is 6.72. The van der Waals surface area contributed by atoms with Crippen LogP contribution in [0.15, 0.2) is 42.5 Å². The Kier molecular flexibility index (Phi) is 6.00. The van der Waals surface area contributed by atoms with Gasteiger partial charge in [-0.2, -0.15) is 0 Å². The minimum Gasteiger partial charge on any atom is -0.486 e. The largest absolute Gasteiger partial charge is 0.486 e. The lowest BCUT2D eigenvalue weighted by Crippen LogP contribution is -3.28. The SMILES string of the molecule is O=C(C[NH+]1CC[NH+](Cc2ccc(Cl)cc2)CC1)Nc1ccc2c(c1)OCCO2. The minimum absolute atomic E-state index is 0.0350. The first-order valence-electron chi connectivity index (χ1n) is 9.77. The Balaban J connectivity index is 1.23. The van der Waals surface area contributed by atoms with Crippen LogP contribution >= 0.6 is 11.6 Å². The van der Waals surface area contributed by atoms with Gasteiger partial charge in [-0.05, 0) is 24.3 Å². The van der Waals surface area contributed by atoms with Crippen molar-refractivity contribution < 1.29 is 24.1 Å². The van der Waals surface area contributed by atoms with Gasteiger partial charge >= 0.3 is 0 Å². The monoisotopic (exact) mass is 403 g/mol. The minimum atomic E-state index is 0.0350. The molecule has 1 saturated heterocycles. The standard InChI is InChI=1S/C21H24ClN3O3/c22-17-3-1-16(2-4-17)14-24-7-9-25(10-8-24)15-21(26)23-18-5-6-19-20(13-18)28-12-11-27-19/h1-6,13H,7-12,14-15H2,(H,23,26)/p+2. The highest BCUT2D eigenvalue weighted by molar-refractivity contribution is 6.30. The van der Waals surface area contributed by atoms with Gasteiger partial charge in [-0.15, -0.1) is 0 Å². The smallest absolute Gasteiger partial charge is 0.279 e. The lowest BCUT2D eigenvalue weighted by atomic mass is 10.2. The second-order valence-electron chi connectivity index (χ2n) is 7.39. The van der Waals surface area contributed by atoms with Crippen LogP contribution in [0, 0.1) is 0 Å². The number of quaternary nitrogens is 2. The van der Waals surface area contributed by atoms with Gasteiger partial charge in [0.2, 0.25) is 0 Å². The van der Waals surface area contributed by atoms with Gasteiger partial charge in [-0.1, -0.05) is 23.7 Å². The van der Waals surface area contributed by atoms with Crippen LogP contribution in [0.1, 0.15) is 5.56 Å². The molecule has 1 amide bonds. The van der Waals surface area contributed by atoms with Crippen molar-refractivity contribution in [2.75, 3.05) is 51.3 Å². The van der Waals surface area contributed by atoms with E-state index in [1.54, 1.807) is 4.90 Å². The number of amides is 1. The average molecular weight is 404 g/mol. The number of halogens is 1. The Morgan fingerprint density at radius 3 is 2.36 bits per heavy atom. The summed E-state index contributed by atoms with van der Waals surface area (Å²) in [4.78, 5) is 15.3. The van der Waals surface area contributed by atoms with Crippen molar-refractivity contribution in [2.45, 2.75) is 6.54 Å². The number of fused-ring (bicyclic) bond motifs is 1. The molecule has 2 aromatic rings. The van der Waals surface area contributed by atoms with Crippen molar-refractivity contribution >= 4 is 23.2 Å². The van der Waals surface area contributed by atoms with Crippen molar-refractivity contribution in [3.63, 3.8) is 0 Å². The summed E-state index contributed by atoms with van der Waals surface area (Å²) >= 11 is 5.95. The van der Waals surface area contributed by atoms with Crippen LogP contribution in [0.25, 0.3) is 0 Å². The molecule has 0 aliphatic carbocycles. The average Bonchev–Trinajstić information content (AvgIpc) is 2.71. The molecule has 1 fully saturated rings. The Bertz CT molecular complexity index is 820.